The highest BCUT2D eigenvalue weighted by Crippen LogP contribution is 2.39. The number of aryl methyl sites for hydroxylation is 1. The summed E-state index contributed by atoms with van der Waals surface area (Å²) in [7, 11) is 1.65. The Morgan fingerprint density at radius 2 is 1.56 bits per heavy atom. The van der Waals surface area contributed by atoms with E-state index in [0.29, 0.717) is 5.75 Å². The fourth-order valence-electron chi connectivity index (χ4n) is 3.88. The highest BCUT2D eigenvalue weighted by atomic mass is 32.2. The number of nitrogens with one attached hydrogen (secondary N) is 1. The van der Waals surface area contributed by atoms with Crippen LogP contribution in [0.2, 0.25) is 0 Å². The van der Waals surface area contributed by atoms with Crippen molar-refractivity contribution < 1.29 is 37.0 Å². The maximum atomic E-state index is 13.4. The van der Waals surface area contributed by atoms with Crippen molar-refractivity contribution in [3.63, 3.8) is 0 Å². The zero-order chi connectivity index (χ0) is 25.0. The van der Waals surface area contributed by atoms with Gasteiger partial charge in [0.25, 0.3) is 5.91 Å². The average molecular weight is 493 g/mol. The lowest BCUT2D eigenvalue weighted by Crippen LogP contribution is -2.42. The molecule has 0 bridgehead atoms. The van der Waals surface area contributed by atoms with Gasteiger partial charge >= 0.3 is 5.97 Å². The second-order valence-electron chi connectivity index (χ2n) is 7.78. The molecule has 0 spiro atoms. The highest BCUT2D eigenvalue weighted by Gasteiger charge is 2.42. The topological polar surface area (TPSA) is 120 Å². The Labute approximate surface area is 198 Å². The summed E-state index contributed by atoms with van der Waals surface area (Å²) in [5, 5.41) is 0. The van der Waals surface area contributed by atoms with Gasteiger partial charge in [-0.05, 0) is 37.6 Å². The third kappa shape index (κ3) is 5.10. The normalized spacial score (nSPS) is 17.9. The minimum absolute atomic E-state index is 0.0274. The summed E-state index contributed by atoms with van der Waals surface area (Å²) in [6.07, 6.45) is 0.0634. The molecule has 2 aromatic rings. The minimum Gasteiger partial charge on any atom is -0.493 e. The van der Waals surface area contributed by atoms with E-state index in [2.05, 4.69) is 4.72 Å². The van der Waals surface area contributed by atoms with Crippen LogP contribution in [-0.2, 0) is 19.6 Å². The predicted octanol–water partition coefficient (Wildman–Crippen LogP) is 1.76. The monoisotopic (exact) mass is 492 g/mol. The molecule has 2 atom stereocenters. The van der Waals surface area contributed by atoms with Gasteiger partial charge in [-0.15, -0.1) is 0 Å². The van der Waals surface area contributed by atoms with Crippen LogP contribution < -0.4 is 18.9 Å². The second kappa shape index (κ2) is 10.3. The van der Waals surface area contributed by atoms with Gasteiger partial charge in [-0.3, -0.25) is 4.79 Å². The summed E-state index contributed by atoms with van der Waals surface area (Å²) in [6.45, 7) is 1.83. The van der Waals surface area contributed by atoms with E-state index >= 15 is 0 Å². The van der Waals surface area contributed by atoms with Gasteiger partial charge < -0.3 is 23.8 Å². The molecule has 1 fully saturated rings. The molecular formula is C23H28N2O8S. The smallest absolute Gasteiger partial charge is 0.328 e. The molecule has 10 nitrogen and oxygen atoms in total. The number of likely N-dealkylation sites (tertiary alicyclic amines) is 1. The van der Waals surface area contributed by atoms with Crippen LogP contribution in [-0.4, -0.2) is 72.3 Å². The molecule has 0 radical (unpaired) electrons. The molecular weight excluding hydrogens is 464 g/mol. The molecule has 0 aliphatic carbocycles. The van der Waals surface area contributed by atoms with Crippen LogP contribution in [0.25, 0.3) is 0 Å². The molecule has 184 valence electrons. The number of hydrogen-bond acceptors (Lipinski definition) is 8. The fraction of sp³-hybridized carbons (Fsp3) is 0.391. The molecule has 3 rings (SSSR count). The van der Waals surface area contributed by atoms with Crippen LogP contribution in [0.5, 0.6) is 17.2 Å². The molecule has 1 amide bonds. The van der Waals surface area contributed by atoms with Crippen molar-refractivity contribution in [3.8, 4) is 17.2 Å². The summed E-state index contributed by atoms with van der Waals surface area (Å²) in [5.41, 5.74) is 1.11. The largest absolute Gasteiger partial charge is 0.493 e. The number of sulfonamides is 1. The highest BCUT2D eigenvalue weighted by molar-refractivity contribution is 7.89. The molecule has 0 aromatic heterocycles. The van der Waals surface area contributed by atoms with Crippen molar-refractivity contribution in [2.24, 2.45) is 0 Å². The van der Waals surface area contributed by atoms with E-state index in [-0.39, 0.29) is 34.9 Å². The Kier molecular flexibility index (Phi) is 7.68. The van der Waals surface area contributed by atoms with Crippen LogP contribution >= 0.6 is 0 Å². The Bertz CT molecular complexity index is 1140. The second-order valence-corrected chi connectivity index (χ2v) is 9.49. The van der Waals surface area contributed by atoms with Gasteiger partial charge in [0.1, 0.15) is 6.04 Å². The molecule has 1 aliphatic heterocycles. The van der Waals surface area contributed by atoms with Gasteiger partial charge in [0.2, 0.25) is 15.8 Å². The maximum Gasteiger partial charge on any atom is 0.328 e. The fourth-order valence-corrected chi connectivity index (χ4v) is 5.12. The van der Waals surface area contributed by atoms with Crippen LogP contribution in [0.4, 0.5) is 0 Å². The van der Waals surface area contributed by atoms with Gasteiger partial charge in [-0.25, -0.2) is 17.9 Å². The SMILES string of the molecule is COC(=O)[C@@H]1C[C@H](NS(=O)(=O)c2ccc(C)cc2)CN1C(=O)c1cc(OC)c(OC)c(OC)c1. The first-order valence-corrected chi connectivity index (χ1v) is 11.9. The van der Waals surface area contributed by atoms with Crippen LogP contribution in [0.15, 0.2) is 41.3 Å². The molecule has 34 heavy (non-hydrogen) atoms. The van der Waals surface area contributed by atoms with Crippen molar-refractivity contribution in [1.82, 2.24) is 9.62 Å². The third-order valence-corrected chi connectivity index (χ3v) is 7.14. The van der Waals surface area contributed by atoms with E-state index in [0.717, 1.165) is 5.56 Å². The molecule has 2 aromatic carbocycles. The van der Waals surface area contributed by atoms with Crippen LogP contribution in [0.1, 0.15) is 22.3 Å². The van der Waals surface area contributed by atoms with E-state index in [4.69, 9.17) is 18.9 Å². The van der Waals surface area contributed by atoms with Gasteiger partial charge in [0, 0.05) is 18.2 Å². The lowest BCUT2D eigenvalue weighted by molar-refractivity contribution is -0.145. The first-order valence-electron chi connectivity index (χ1n) is 10.4. The molecule has 1 N–H and O–H groups in total. The van der Waals surface area contributed by atoms with E-state index < -0.39 is 34.0 Å². The van der Waals surface area contributed by atoms with Gasteiger partial charge in [0.05, 0.1) is 33.3 Å². The lowest BCUT2D eigenvalue weighted by atomic mass is 10.1. The van der Waals surface area contributed by atoms with Crippen LogP contribution in [0.3, 0.4) is 0 Å². The summed E-state index contributed by atoms with van der Waals surface area (Å²) in [6, 6.07) is 7.68. The van der Waals surface area contributed by atoms with Crippen molar-refractivity contribution in [3.05, 3.63) is 47.5 Å². The summed E-state index contributed by atoms with van der Waals surface area (Å²) < 4.78 is 49.1. The third-order valence-electron chi connectivity index (χ3n) is 5.60. The van der Waals surface area contributed by atoms with E-state index in [1.807, 2.05) is 6.92 Å². The molecule has 1 saturated heterocycles. The molecule has 11 heteroatoms. The average Bonchev–Trinajstić information content (AvgIpc) is 3.25. The number of amides is 1. The first kappa shape index (κ1) is 25.3. The van der Waals surface area contributed by atoms with Gasteiger partial charge in [-0.1, -0.05) is 17.7 Å². The Morgan fingerprint density at radius 3 is 2.06 bits per heavy atom. The first-order chi connectivity index (χ1) is 16.1. The predicted molar refractivity (Wildman–Crippen MR) is 123 cm³/mol. The van der Waals surface area contributed by atoms with Gasteiger partial charge in [0.15, 0.2) is 11.5 Å². The number of methoxy groups -OCH3 is 4. The summed E-state index contributed by atoms with van der Waals surface area (Å²) >= 11 is 0. The zero-order valence-electron chi connectivity index (χ0n) is 19.7. The van der Waals surface area contributed by atoms with Crippen LogP contribution in [0, 0.1) is 6.92 Å². The number of carbonyl (C=O) groups excluding carboxylic acids is 2. The molecule has 0 saturated carbocycles. The number of benzene rings is 2. The Balaban J connectivity index is 1.90. The molecule has 1 heterocycles. The summed E-state index contributed by atoms with van der Waals surface area (Å²) in [5.74, 6) is -0.285. The lowest BCUT2D eigenvalue weighted by Gasteiger charge is -2.23. The van der Waals surface area contributed by atoms with E-state index in [9.17, 15) is 18.0 Å². The number of hydrogen-bond donors (Lipinski definition) is 1. The van der Waals surface area contributed by atoms with Crippen molar-refractivity contribution in [2.75, 3.05) is 35.0 Å². The number of rotatable bonds is 8. The number of ether oxygens (including phenoxy) is 4. The molecule has 1 aliphatic rings. The van der Waals surface area contributed by atoms with E-state index in [1.54, 1.807) is 12.1 Å². The molecule has 0 unspecified atom stereocenters. The standard InChI is InChI=1S/C23H28N2O8S/c1-14-6-8-17(9-7-14)34(28,29)24-16-12-18(23(27)33-5)25(13-16)22(26)15-10-19(30-2)21(32-4)20(11-15)31-3/h6-11,16,18,24H,12-13H2,1-5H3/t16-,18-/m0/s1. The zero-order valence-corrected chi connectivity index (χ0v) is 20.5. The van der Waals surface area contributed by atoms with E-state index in [1.165, 1.54) is 57.6 Å². The van der Waals surface area contributed by atoms with Crippen molar-refractivity contribution in [1.29, 1.82) is 0 Å². The minimum atomic E-state index is -3.86. The maximum absolute atomic E-state index is 13.4. The number of esters is 1. The Hall–Kier alpha value is -3.31. The quantitative estimate of drug-likeness (QED) is 0.554. The number of carbonyl (C=O) groups is 2. The summed E-state index contributed by atoms with van der Waals surface area (Å²) in [4.78, 5) is 27.3. The van der Waals surface area contributed by atoms with Gasteiger partial charge in [-0.2, -0.15) is 0 Å². The van der Waals surface area contributed by atoms with Crippen molar-refractivity contribution >= 4 is 21.9 Å². The Morgan fingerprint density at radius 1 is 0.971 bits per heavy atom. The van der Waals surface area contributed by atoms with Crippen molar-refractivity contribution in [2.45, 2.75) is 30.3 Å². The number of nitrogens with zero attached hydrogens (tertiary/aromatic N) is 1.